The third-order valence-corrected chi connectivity index (χ3v) is 12.8. The molecular weight excluding hydrogens is 482 g/mol. The first-order valence-corrected chi connectivity index (χ1v) is 16.9. The summed E-state index contributed by atoms with van der Waals surface area (Å²) in [5, 5.41) is 25.2. The molecule has 5 aliphatic carbocycles. The highest BCUT2D eigenvalue weighted by molar-refractivity contribution is 5.25. The van der Waals surface area contributed by atoms with E-state index >= 15 is 0 Å². The van der Waals surface area contributed by atoms with Crippen molar-refractivity contribution in [3.05, 3.63) is 12.2 Å². The summed E-state index contributed by atoms with van der Waals surface area (Å²) < 4.78 is 7.01. The maximum Gasteiger partial charge on any atom is 0.0960 e. The van der Waals surface area contributed by atoms with Gasteiger partial charge >= 0.3 is 0 Å². The van der Waals surface area contributed by atoms with Crippen LogP contribution in [0.5, 0.6) is 0 Å². The molecule has 4 heteroatoms. The SMILES string of the molecule is C=C1C[C@@]2(CC[C@H](CC[C@@]3(O)CCC[C@H](O)C3)C2)[C@@H]2O[C@@]23C[C@@H](CNCCC(C)C)C[C@@H](C3)[C@@H]2[C@@H]1CC2(C)C. The van der Waals surface area contributed by atoms with Gasteiger partial charge in [0.25, 0.3) is 0 Å². The lowest BCUT2D eigenvalue weighted by Crippen LogP contribution is -2.51. The molecule has 1 heterocycles. The van der Waals surface area contributed by atoms with Crippen molar-refractivity contribution in [1.82, 2.24) is 5.32 Å². The van der Waals surface area contributed by atoms with Crippen LogP contribution in [0, 0.1) is 46.3 Å². The number of aliphatic hydroxyl groups excluding tert-OH is 1. The molecule has 0 unspecified atom stereocenters. The van der Waals surface area contributed by atoms with Gasteiger partial charge in [-0.25, -0.2) is 0 Å². The first-order valence-electron chi connectivity index (χ1n) is 16.9. The quantitative estimate of drug-likeness (QED) is 0.175. The van der Waals surface area contributed by atoms with E-state index in [0.717, 1.165) is 68.9 Å². The van der Waals surface area contributed by atoms with Gasteiger partial charge in [-0.1, -0.05) is 39.8 Å². The molecule has 6 fully saturated rings. The van der Waals surface area contributed by atoms with Gasteiger partial charge in [0.2, 0.25) is 0 Å². The van der Waals surface area contributed by atoms with Gasteiger partial charge in [0.1, 0.15) is 0 Å². The second-order valence-corrected chi connectivity index (χ2v) is 16.9. The van der Waals surface area contributed by atoms with Crippen molar-refractivity contribution in [2.24, 2.45) is 46.3 Å². The van der Waals surface area contributed by atoms with Gasteiger partial charge in [0.15, 0.2) is 0 Å². The molecule has 6 aliphatic rings. The number of fused-ring (bicyclic) bond motifs is 4. The summed E-state index contributed by atoms with van der Waals surface area (Å²) in [6.45, 7) is 16.8. The molecule has 222 valence electrons. The van der Waals surface area contributed by atoms with E-state index in [1.54, 1.807) is 5.57 Å². The Morgan fingerprint density at radius 1 is 1.05 bits per heavy atom. The summed E-state index contributed by atoms with van der Waals surface area (Å²) >= 11 is 0. The molecule has 10 atom stereocenters. The summed E-state index contributed by atoms with van der Waals surface area (Å²) in [4.78, 5) is 0. The van der Waals surface area contributed by atoms with Crippen LogP contribution < -0.4 is 5.32 Å². The zero-order valence-electron chi connectivity index (χ0n) is 25.6. The molecule has 4 nitrogen and oxygen atoms in total. The van der Waals surface area contributed by atoms with E-state index in [1.165, 1.54) is 57.8 Å². The first-order chi connectivity index (χ1) is 18.4. The van der Waals surface area contributed by atoms with Gasteiger partial charge in [-0.3, -0.25) is 0 Å². The molecule has 0 aromatic heterocycles. The summed E-state index contributed by atoms with van der Waals surface area (Å²) in [5.41, 5.74) is 1.67. The number of nitrogens with one attached hydrogen (secondary N) is 1. The van der Waals surface area contributed by atoms with E-state index in [0.29, 0.717) is 29.8 Å². The summed E-state index contributed by atoms with van der Waals surface area (Å²) in [5.74, 6) is 4.40. The summed E-state index contributed by atoms with van der Waals surface area (Å²) in [6, 6.07) is 0. The first kappa shape index (κ1) is 28.7. The van der Waals surface area contributed by atoms with Gasteiger partial charge in [-0.2, -0.15) is 0 Å². The fraction of sp³-hybridized carbons (Fsp3) is 0.943. The van der Waals surface area contributed by atoms with Crippen LogP contribution >= 0.6 is 0 Å². The molecule has 1 aliphatic heterocycles. The number of allylic oxidation sites excluding steroid dienone is 1. The Hall–Kier alpha value is -0.420. The average Bonchev–Trinajstić information content (AvgIpc) is 3.36. The normalized spacial score (nSPS) is 48.6. The second-order valence-electron chi connectivity index (χ2n) is 16.9. The van der Waals surface area contributed by atoms with Crippen molar-refractivity contribution in [1.29, 1.82) is 0 Å². The monoisotopic (exact) mass is 541 g/mol. The van der Waals surface area contributed by atoms with Crippen molar-refractivity contribution in [3.8, 4) is 0 Å². The Morgan fingerprint density at radius 3 is 2.62 bits per heavy atom. The van der Waals surface area contributed by atoms with Crippen LogP contribution in [-0.2, 0) is 4.74 Å². The van der Waals surface area contributed by atoms with E-state index in [-0.39, 0.29) is 17.1 Å². The highest BCUT2D eigenvalue weighted by Gasteiger charge is 2.71. The minimum absolute atomic E-state index is 0.106. The van der Waals surface area contributed by atoms with E-state index in [1.807, 2.05) is 0 Å². The Bertz CT molecular complexity index is 916. The number of hydrogen-bond donors (Lipinski definition) is 3. The van der Waals surface area contributed by atoms with Crippen LogP contribution in [0.2, 0.25) is 0 Å². The van der Waals surface area contributed by atoms with Gasteiger partial charge in [-0.15, -0.1) is 0 Å². The summed E-state index contributed by atoms with van der Waals surface area (Å²) in [6.07, 6.45) is 16.7. The zero-order chi connectivity index (χ0) is 27.6. The lowest BCUT2D eigenvalue weighted by Gasteiger charge is -2.58. The minimum Gasteiger partial charge on any atom is -0.393 e. The Kier molecular flexibility index (Phi) is 7.64. The molecule has 0 radical (unpaired) electrons. The highest BCUT2D eigenvalue weighted by atomic mass is 16.6. The highest BCUT2D eigenvalue weighted by Crippen LogP contribution is 2.70. The van der Waals surface area contributed by atoms with Crippen molar-refractivity contribution in [2.75, 3.05) is 13.1 Å². The molecule has 1 saturated heterocycles. The molecule has 6 rings (SSSR count). The van der Waals surface area contributed by atoms with Crippen molar-refractivity contribution in [3.63, 3.8) is 0 Å². The van der Waals surface area contributed by atoms with Crippen LogP contribution in [0.25, 0.3) is 0 Å². The Labute approximate surface area is 239 Å². The van der Waals surface area contributed by atoms with Crippen molar-refractivity contribution < 1.29 is 14.9 Å². The predicted octanol–water partition coefficient (Wildman–Crippen LogP) is 7.03. The van der Waals surface area contributed by atoms with Gasteiger partial charge in [-0.05, 0) is 144 Å². The maximum absolute atomic E-state index is 11.2. The molecule has 39 heavy (non-hydrogen) atoms. The number of epoxide rings is 1. The van der Waals surface area contributed by atoms with Gasteiger partial charge in [0.05, 0.1) is 23.4 Å². The Morgan fingerprint density at radius 2 is 1.87 bits per heavy atom. The molecule has 0 aromatic carbocycles. The second kappa shape index (κ2) is 10.4. The average molecular weight is 542 g/mol. The fourth-order valence-electron chi connectivity index (χ4n) is 11.1. The summed E-state index contributed by atoms with van der Waals surface area (Å²) in [7, 11) is 0. The molecular formula is C35H59NO3. The minimum atomic E-state index is -0.649. The number of rotatable bonds is 8. The predicted molar refractivity (Wildman–Crippen MR) is 158 cm³/mol. The molecule has 3 N–H and O–H groups in total. The van der Waals surface area contributed by atoms with E-state index in [2.05, 4.69) is 33.0 Å². The molecule has 5 saturated carbocycles. The topological polar surface area (TPSA) is 65.0 Å². The number of ether oxygens (including phenoxy) is 1. The molecule has 0 amide bonds. The molecule has 0 aromatic rings. The van der Waals surface area contributed by atoms with E-state index in [9.17, 15) is 10.2 Å². The lowest BCUT2D eigenvalue weighted by atomic mass is 9.47. The zero-order valence-corrected chi connectivity index (χ0v) is 25.6. The largest absolute Gasteiger partial charge is 0.393 e. The lowest BCUT2D eigenvalue weighted by molar-refractivity contribution is -0.0649. The van der Waals surface area contributed by atoms with Crippen molar-refractivity contribution in [2.45, 2.75) is 147 Å². The number of hydrogen-bond acceptors (Lipinski definition) is 4. The fourth-order valence-corrected chi connectivity index (χ4v) is 11.1. The molecule has 2 spiro atoms. The molecule has 2 bridgehead atoms. The van der Waals surface area contributed by atoms with E-state index in [4.69, 9.17) is 11.3 Å². The smallest absolute Gasteiger partial charge is 0.0960 e. The third-order valence-electron chi connectivity index (χ3n) is 12.8. The maximum atomic E-state index is 11.2. The van der Waals surface area contributed by atoms with Crippen LogP contribution in [0.4, 0.5) is 0 Å². The van der Waals surface area contributed by atoms with Crippen LogP contribution in [0.15, 0.2) is 12.2 Å². The third kappa shape index (κ3) is 5.55. The van der Waals surface area contributed by atoms with Crippen LogP contribution in [0.1, 0.15) is 124 Å². The number of aliphatic hydroxyl groups is 2. The van der Waals surface area contributed by atoms with Crippen LogP contribution in [0.3, 0.4) is 0 Å². The van der Waals surface area contributed by atoms with Gasteiger partial charge in [0, 0.05) is 11.8 Å². The standard InChI is InChI=1S/C35H59NO3/c1-23(2)10-14-36-22-26-15-27-19-35(18-26)31(39-35)33(16-24(3)29-21-32(4,5)30(27)29)12-8-25(17-33)9-13-34(38)11-6-7-28(37)20-34/h23,25-31,36-38H,3,6-22H2,1-2,4-5H3/t25-,26+,27+,28+,29-,30-,31+,33-,34+,35-/m1/s1. The van der Waals surface area contributed by atoms with Crippen LogP contribution in [-0.4, -0.2) is 46.7 Å². The van der Waals surface area contributed by atoms with E-state index < -0.39 is 5.60 Å². The van der Waals surface area contributed by atoms with Gasteiger partial charge < -0.3 is 20.3 Å². The van der Waals surface area contributed by atoms with Crippen molar-refractivity contribution >= 4 is 0 Å². The Balaban J connectivity index is 1.18.